The van der Waals surface area contributed by atoms with Crippen LogP contribution in [0.15, 0.2) is 41.0 Å². The van der Waals surface area contributed by atoms with Crippen LogP contribution in [0.1, 0.15) is 32.5 Å². The Morgan fingerprint density at radius 3 is 2.93 bits per heavy atom. The van der Waals surface area contributed by atoms with Crippen molar-refractivity contribution in [3.05, 3.63) is 56.9 Å². The normalized spacial score (nSPS) is 14.8. The average molecular weight is 460 g/mol. The number of carbonyl (C=O) groups excluding carboxylic acids is 2. The lowest BCUT2D eigenvalue weighted by Crippen LogP contribution is -2.34. The van der Waals surface area contributed by atoms with E-state index in [2.05, 4.69) is 15.3 Å². The minimum atomic E-state index is -0.226. The van der Waals surface area contributed by atoms with Crippen LogP contribution in [0.5, 0.6) is 5.75 Å². The molecule has 0 bridgehead atoms. The summed E-state index contributed by atoms with van der Waals surface area (Å²) in [5.74, 6) is 0.372. The molecule has 1 aromatic carbocycles. The van der Waals surface area contributed by atoms with Crippen LogP contribution in [0.25, 0.3) is 11.3 Å². The molecular formula is C21H18ClN3O3S2. The summed E-state index contributed by atoms with van der Waals surface area (Å²) in [6.45, 7) is 1.83. The number of thiophene rings is 1. The Morgan fingerprint density at radius 2 is 2.20 bits per heavy atom. The zero-order valence-electron chi connectivity index (χ0n) is 16.3. The third-order valence-corrected chi connectivity index (χ3v) is 6.54. The molecule has 0 saturated heterocycles. The van der Waals surface area contributed by atoms with Crippen LogP contribution in [0, 0.1) is 0 Å². The summed E-state index contributed by atoms with van der Waals surface area (Å²) >= 11 is 9.21. The molecule has 0 spiro atoms. The molecule has 30 heavy (non-hydrogen) atoms. The van der Waals surface area contributed by atoms with Crippen molar-refractivity contribution in [1.82, 2.24) is 15.3 Å². The fourth-order valence-corrected chi connectivity index (χ4v) is 4.63. The number of ether oxygens (including phenoxy) is 1. The van der Waals surface area contributed by atoms with E-state index in [1.165, 1.54) is 30.0 Å². The van der Waals surface area contributed by atoms with Gasteiger partial charge in [0.1, 0.15) is 11.9 Å². The van der Waals surface area contributed by atoms with E-state index in [1.54, 1.807) is 17.6 Å². The van der Waals surface area contributed by atoms with Gasteiger partial charge in [0.05, 0.1) is 27.7 Å². The van der Waals surface area contributed by atoms with Gasteiger partial charge in [0.25, 0.3) is 5.91 Å². The van der Waals surface area contributed by atoms with E-state index in [9.17, 15) is 9.59 Å². The number of carbonyl (C=O) groups is 2. The van der Waals surface area contributed by atoms with Crippen LogP contribution < -0.4 is 10.1 Å². The van der Waals surface area contributed by atoms with Gasteiger partial charge in [-0.1, -0.05) is 23.4 Å². The number of aromatic nitrogens is 2. The highest BCUT2D eigenvalue weighted by Gasteiger charge is 2.27. The van der Waals surface area contributed by atoms with E-state index in [-0.39, 0.29) is 17.8 Å². The minimum Gasteiger partial charge on any atom is -0.486 e. The molecule has 3 heterocycles. The van der Waals surface area contributed by atoms with Crippen LogP contribution in [0.2, 0.25) is 5.02 Å². The van der Waals surface area contributed by atoms with Crippen molar-refractivity contribution >= 4 is 46.4 Å². The fraction of sp³-hybridized carbons (Fsp3) is 0.238. The van der Waals surface area contributed by atoms with Gasteiger partial charge in [0.2, 0.25) is 0 Å². The summed E-state index contributed by atoms with van der Waals surface area (Å²) in [6, 6.07) is 7.32. The molecular weight excluding hydrogens is 442 g/mol. The van der Waals surface area contributed by atoms with E-state index in [0.29, 0.717) is 39.3 Å². The van der Waals surface area contributed by atoms with Crippen LogP contribution in [-0.4, -0.2) is 40.6 Å². The third kappa shape index (κ3) is 4.35. The van der Waals surface area contributed by atoms with E-state index < -0.39 is 0 Å². The number of amides is 1. The molecule has 4 rings (SSSR count). The number of ketones is 1. The molecule has 1 N–H and O–H groups in total. The van der Waals surface area contributed by atoms with Crippen molar-refractivity contribution in [2.75, 3.05) is 12.8 Å². The van der Waals surface area contributed by atoms with Crippen LogP contribution in [-0.2, 0) is 6.42 Å². The Kier molecular flexibility index (Phi) is 6.08. The first-order valence-corrected chi connectivity index (χ1v) is 11.7. The number of nitrogens with one attached hydrogen (secondary N) is 1. The van der Waals surface area contributed by atoms with Gasteiger partial charge in [-0.3, -0.25) is 9.59 Å². The molecule has 1 unspecified atom stereocenters. The Bertz CT molecular complexity index is 1130. The van der Waals surface area contributed by atoms with E-state index in [4.69, 9.17) is 16.3 Å². The van der Waals surface area contributed by atoms with Crippen LogP contribution in [0.3, 0.4) is 0 Å². The highest BCUT2D eigenvalue weighted by Crippen LogP contribution is 2.39. The summed E-state index contributed by atoms with van der Waals surface area (Å²) in [5, 5.41) is 5.77. The number of rotatable bonds is 6. The van der Waals surface area contributed by atoms with Gasteiger partial charge in [0.15, 0.2) is 10.9 Å². The summed E-state index contributed by atoms with van der Waals surface area (Å²) in [4.78, 5) is 33.1. The zero-order valence-corrected chi connectivity index (χ0v) is 18.7. The Morgan fingerprint density at radius 1 is 1.37 bits per heavy atom. The maximum Gasteiger partial charge on any atom is 0.252 e. The predicted molar refractivity (Wildman–Crippen MR) is 119 cm³/mol. The summed E-state index contributed by atoms with van der Waals surface area (Å²) in [6.07, 6.45) is 4.08. The minimum absolute atomic E-state index is 0.0487. The number of fused-ring (bicyclic) bond motifs is 1. The molecule has 6 nitrogen and oxygen atoms in total. The highest BCUT2D eigenvalue weighted by atomic mass is 35.5. The zero-order chi connectivity index (χ0) is 21.3. The maximum atomic E-state index is 12.4. The number of hydrogen-bond acceptors (Lipinski definition) is 7. The van der Waals surface area contributed by atoms with Gasteiger partial charge in [-0.2, -0.15) is 0 Å². The summed E-state index contributed by atoms with van der Waals surface area (Å²) < 4.78 is 5.97. The Balaban J connectivity index is 1.44. The number of Topliss-reactive ketones (excluding diaryl/α,β-unsaturated/α-hetero) is 1. The fourth-order valence-electron chi connectivity index (χ4n) is 3.20. The monoisotopic (exact) mass is 459 g/mol. The molecule has 1 aliphatic heterocycles. The first-order chi connectivity index (χ1) is 14.4. The summed E-state index contributed by atoms with van der Waals surface area (Å²) in [7, 11) is 0. The molecule has 154 valence electrons. The molecule has 3 aromatic rings. The topological polar surface area (TPSA) is 81.2 Å². The number of hydrogen-bond donors (Lipinski definition) is 1. The van der Waals surface area contributed by atoms with Gasteiger partial charge in [-0.05, 0) is 37.4 Å². The number of halogens is 1. The first-order valence-electron chi connectivity index (χ1n) is 9.18. The predicted octanol–water partition coefficient (Wildman–Crippen LogP) is 4.52. The van der Waals surface area contributed by atoms with Crippen molar-refractivity contribution in [1.29, 1.82) is 0 Å². The molecule has 0 fully saturated rings. The quantitative estimate of drug-likeness (QED) is 0.331. The molecule has 1 amide bonds. The second-order valence-electron chi connectivity index (χ2n) is 6.78. The molecule has 2 aromatic heterocycles. The second kappa shape index (κ2) is 8.75. The third-order valence-electron chi connectivity index (χ3n) is 4.66. The lowest BCUT2D eigenvalue weighted by Gasteiger charge is -2.12. The van der Waals surface area contributed by atoms with Crippen molar-refractivity contribution in [3.8, 4) is 17.0 Å². The lowest BCUT2D eigenvalue weighted by atomic mass is 10.0. The number of thioether (sulfide) groups is 1. The van der Waals surface area contributed by atoms with Crippen molar-refractivity contribution in [2.45, 2.75) is 24.6 Å². The van der Waals surface area contributed by atoms with Gasteiger partial charge in [-0.15, -0.1) is 11.3 Å². The van der Waals surface area contributed by atoms with E-state index in [1.807, 2.05) is 24.5 Å². The lowest BCUT2D eigenvalue weighted by molar-refractivity contribution is 0.0934. The molecule has 1 atom stereocenters. The van der Waals surface area contributed by atoms with E-state index in [0.717, 1.165) is 16.8 Å². The highest BCUT2D eigenvalue weighted by molar-refractivity contribution is 7.98. The van der Waals surface area contributed by atoms with Crippen LogP contribution in [0.4, 0.5) is 0 Å². The average Bonchev–Trinajstić information content (AvgIpc) is 3.39. The smallest absolute Gasteiger partial charge is 0.252 e. The van der Waals surface area contributed by atoms with Crippen LogP contribution >= 0.6 is 34.7 Å². The SMILES string of the molecule is CSc1nccc(-c2cc(Cl)c3c(c2)CC(CNC(=O)c2csc(C(C)=O)c2)O3)n1. The molecule has 0 saturated carbocycles. The van der Waals surface area contributed by atoms with Crippen molar-refractivity contribution in [3.63, 3.8) is 0 Å². The van der Waals surface area contributed by atoms with Gasteiger partial charge >= 0.3 is 0 Å². The largest absolute Gasteiger partial charge is 0.486 e. The molecule has 9 heteroatoms. The Labute approximate surface area is 187 Å². The standard InChI is InChI=1S/C21H18ClN3O3S2/c1-11(26)18-8-14(10-30-18)20(27)24-9-15-6-13-5-12(7-16(22)19(13)28-15)17-3-4-23-21(25-17)29-2/h3-5,7-8,10,15H,6,9H2,1-2H3,(H,24,27). The first kappa shape index (κ1) is 20.8. The molecule has 1 aliphatic rings. The second-order valence-corrected chi connectivity index (χ2v) is 8.88. The number of nitrogens with zero attached hydrogens (tertiary/aromatic N) is 2. The molecule has 0 aliphatic carbocycles. The molecule has 0 radical (unpaired) electrons. The summed E-state index contributed by atoms with van der Waals surface area (Å²) in [5.41, 5.74) is 3.17. The van der Waals surface area contributed by atoms with Crippen molar-refractivity contribution < 1.29 is 14.3 Å². The van der Waals surface area contributed by atoms with Gasteiger partial charge in [-0.25, -0.2) is 9.97 Å². The van der Waals surface area contributed by atoms with Gasteiger partial charge < -0.3 is 10.1 Å². The van der Waals surface area contributed by atoms with Crippen molar-refractivity contribution in [2.24, 2.45) is 0 Å². The van der Waals surface area contributed by atoms with E-state index >= 15 is 0 Å². The maximum absolute atomic E-state index is 12.4. The van der Waals surface area contributed by atoms with Gasteiger partial charge in [0, 0.05) is 29.1 Å². The Hall–Kier alpha value is -2.42. The number of benzene rings is 1.